The van der Waals surface area contributed by atoms with Gasteiger partial charge in [-0.3, -0.25) is 0 Å². The van der Waals surface area contributed by atoms with Gasteiger partial charge in [-0.15, -0.1) is 0 Å². The van der Waals surface area contributed by atoms with E-state index >= 15 is 0 Å². The number of rotatable bonds is 6. The molecule has 0 bridgehead atoms. The van der Waals surface area contributed by atoms with Crippen LogP contribution >= 0.6 is 15.9 Å². The Balaban J connectivity index is 2.82. The molecule has 7 nitrogen and oxygen atoms in total. The van der Waals surface area contributed by atoms with Crippen LogP contribution in [0, 0.1) is 0 Å². The van der Waals surface area contributed by atoms with Crippen LogP contribution in [-0.2, 0) is 20.0 Å². The molecule has 1 aromatic carbocycles. The van der Waals surface area contributed by atoms with Crippen LogP contribution in [-0.4, -0.2) is 36.2 Å². The minimum Gasteiger partial charge on any atom is -0.399 e. The molecule has 0 atom stereocenters. The van der Waals surface area contributed by atoms with Gasteiger partial charge in [0.15, 0.2) is 0 Å². The van der Waals surface area contributed by atoms with Crippen LogP contribution in [0.1, 0.15) is 0 Å². The van der Waals surface area contributed by atoms with Gasteiger partial charge >= 0.3 is 0 Å². The minimum absolute atomic E-state index is 0.00329. The molecule has 1 aromatic rings. The summed E-state index contributed by atoms with van der Waals surface area (Å²) in [5, 5.41) is 0. The van der Waals surface area contributed by atoms with Crippen molar-refractivity contribution >= 4 is 41.7 Å². The standard InChI is InChI=1S/C9H14BrN3O4S2/c1-12-18(14,15)5-4-13-19(16,17)9-3-2-7(11)6-8(9)10/h2-3,6,12-13H,4-5,11H2,1H3. The van der Waals surface area contributed by atoms with Crippen molar-refractivity contribution in [3.05, 3.63) is 22.7 Å². The lowest BCUT2D eigenvalue weighted by Crippen LogP contribution is -2.33. The highest BCUT2D eigenvalue weighted by molar-refractivity contribution is 9.10. The van der Waals surface area contributed by atoms with E-state index in [-0.39, 0.29) is 17.2 Å². The van der Waals surface area contributed by atoms with Gasteiger partial charge in [0, 0.05) is 16.7 Å². The van der Waals surface area contributed by atoms with Crippen LogP contribution < -0.4 is 15.2 Å². The molecule has 10 heteroatoms. The molecule has 0 radical (unpaired) electrons. The van der Waals surface area contributed by atoms with E-state index in [1.165, 1.54) is 25.2 Å². The van der Waals surface area contributed by atoms with Crippen LogP contribution in [0.2, 0.25) is 0 Å². The first-order valence-electron chi connectivity index (χ1n) is 5.14. The summed E-state index contributed by atoms with van der Waals surface area (Å²) < 4.78 is 50.8. The Labute approximate surface area is 120 Å². The van der Waals surface area contributed by atoms with E-state index in [1.807, 2.05) is 0 Å². The van der Waals surface area contributed by atoms with Crippen LogP contribution in [0.15, 0.2) is 27.6 Å². The summed E-state index contributed by atoms with van der Waals surface area (Å²) in [6.45, 7) is -0.220. The van der Waals surface area contributed by atoms with E-state index in [1.54, 1.807) is 0 Å². The molecule has 0 aliphatic carbocycles. The lowest BCUT2D eigenvalue weighted by atomic mass is 10.3. The molecular weight excluding hydrogens is 358 g/mol. The average Bonchev–Trinajstić information content (AvgIpc) is 2.27. The van der Waals surface area contributed by atoms with Crippen molar-refractivity contribution in [1.82, 2.24) is 9.44 Å². The van der Waals surface area contributed by atoms with E-state index in [0.29, 0.717) is 10.2 Å². The number of sulfonamides is 2. The molecule has 0 saturated heterocycles. The van der Waals surface area contributed by atoms with Crippen LogP contribution in [0.4, 0.5) is 5.69 Å². The zero-order chi connectivity index (χ0) is 14.7. The highest BCUT2D eigenvalue weighted by Crippen LogP contribution is 2.23. The molecule has 4 N–H and O–H groups in total. The summed E-state index contributed by atoms with van der Waals surface area (Å²) in [5.41, 5.74) is 5.93. The molecule has 0 fully saturated rings. The Morgan fingerprint density at radius 1 is 1.26 bits per heavy atom. The van der Waals surface area contributed by atoms with Crippen molar-refractivity contribution in [3.63, 3.8) is 0 Å². The van der Waals surface area contributed by atoms with Gasteiger partial charge in [-0.25, -0.2) is 26.3 Å². The van der Waals surface area contributed by atoms with Crippen molar-refractivity contribution in [2.24, 2.45) is 0 Å². The number of nitrogen functional groups attached to an aromatic ring is 1. The predicted molar refractivity (Wildman–Crippen MR) is 76.6 cm³/mol. The SMILES string of the molecule is CNS(=O)(=O)CCNS(=O)(=O)c1ccc(N)cc1Br. The Morgan fingerprint density at radius 2 is 1.89 bits per heavy atom. The third-order valence-electron chi connectivity index (χ3n) is 2.22. The van der Waals surface area contributed by atoms with Crippen LogP contribution in [0.25, 0.3) is 0 Å². The minimum atomic E-state index is -3.78. The maximum Gasteiger partial charge on any atom is 0.241 e. The van der Waals surface area contributed by atoms with Gasteiger partial charge in [0.25, 0.3) is 0 Å². The van der Waals surface area contributed by atoms with Gasteiger partial charge in [0.1, 0.15) is 0 Å². The summed E-state index contributed by atoms with van der Waals surface area (Å²) in [6, 6.07) is 4.25. The fourth-order valence-electron chi connectivity index (χ4n) is 1.23. The first-order valence-corrected chi connectivity index (χ1v) is 9.07. The van der Waals surface area contributed by atoms with Crippen LogP contribution in [0.3, 0.4) is 0 Å². The molecule has 0 aliphatic rings. The van der Waals surface area contributed by atoms with Gasteiger partial charge in [0.05, 0.1) is 10.6 Å². The quantitative estimate of drug-likeness (QED) is 0.601. The lowest BCUT2D eigenvalue weighted by molar-refractivity contribution is 0.578. The summed E-state index contributed by atoms with van der Waals surface area (Å²) in [4.78, 5) is 0.00329. The number of anilines is 1. The third kappa shape index (κ3) is 4.73. The zero-order valence-electron chi connectivity index (χ0n) is 10.1. The van der Waals surface area contributed by atoms with Crippen molar-refractivity contribution in [1.29, 1.82) is 0 Å². The third-order valence-corrected chi connectivity index (χ3v) is 6.02. The van der Waals surface area contributed by atoms with E-state index in [9.17, 15) is 16.8 Å². The van der Waals surface area contributed by atoms with Gasteiger partial charge in [-0.05, 0) is 41.2 Å². The predicted octanol–water partition coefficient (Wildman–Crippen LogP) is -0.141. The topological polar surface area (TPSA) is 118 Å². The van der Waals surface area contributed by atoms with Crippen molar-refractivity contribution in [3.8, 4) is 0 Å². The van der Waals surface area contributed by atoms with E-state index < -0.39 is 20.0 Å². The monoisotopic (exact) mass is 371 g/mol. The van der Waals surface area contributed by atoms with E-state index in [4.69, 9.17) is 5.73 Å². The van der Waals surface area contributed by atoms with Crippen molar-refractivity contribution < 1.29 is 16.8 Å². The average molecular weight is 372 g/mol. The molecular formula is C9H14BrN3O4S2. The number of halogens is 1. The number of hydrogen-bond acceptors (Lipinski definition) is 5. The second-order valence-electron chi connectivity index (χ2n) is 3.61. The number of benzene rings is 1. The summed E-state index contributed by atoms with van der Waals surface area (Å²) >= 11 is 3.10. The molecule has 0 aromatic heterocycles. The highest BCUT2D eigenvalue weighted by Gasteiger charge is 2.18. The van der Waals surface area contributed by atoms with Gasteiger partial charge in [-0.1, -0.05) is 0 Å². The Hall–Kier alpha value is -0.680. The summed E-state index contributed by atoms with van der Waals surface area (Å²) in [7, 11) is -5.97. The second kappa shape index (κ2) is 6.18. The maximum absolute atomic E-state index is 11.9. The van der Waals surface area contributed by atoms with Crippen molar-refractivity contribution in [2.45, 2.75) is 4.90 Å². The first-order chi connectivity index (χ1) is 8.68. The maximum atomic E-state index is 11.9. The fourth-order valence-corrected chi connectivity index (χ4v) is 4.05. The molecule has 1 rings (SSSR count). The first kappa shape index (κ1) is 16.4. The molecule has 0 aliphatic heterocycles. The largest absolute Gasteiger partial charge is 0.399 e. The molecule has 0 heterocycles. The Kier molecular flexibility index (Phi) is 5.33. The van der Waals surface area contributed by atoms with Gasteiger partial charge in [-0.2, -0.15) is 0 Å². The Bertz CT molecular complexity index is 658. The van der Waals surface area contributed by atoms with Crippen molar-refractivity contribution in [2.75, 3.05) is 25.1 Å². The molecule has 0 saturated carbocycles. The molecule has 108 valence electrons. The molecule has 0 unspecified atom stereocenters. The number of nitrogens with two attached hydrogens (primary N) is 1. The van der Waals surface area contributed by atoms with Crippen LogP contribution in [0.5, 0.6) is 0 Å². The van der Waals surface area contributed by atoms with E-state index in [0.717, 1.165) is 0 Å². The molecule has 0 spiro atoms. The van der Waals surface area contributed by atoms with Gasteiger partial charge in [0.2, 0.25) is 20.0 Å². The summed E-state index contributed by atoms with van der Waals surface area (Å²) in [6.07, 6.45) is 0. The summed E-state index contributed by atoms with van der Waals surface area (Å²) in [5.74, 6) is -0.338. The number of hydrogen-bond donors (Lipinski definition) is 3. The molecule has 0 amide bonds. The number of nitrogens with one attached hydrogen (secondary N) is 2. The Morgan fingerprint density at radius 3 is 2.42 bits per heavy atom. The zero-order valence-corrected chi connectivity index (χ0v) is 13.3. The van der Waals surface area contributed by atoms with Gasteiger partial charge < -0.3 is 5.73 Å². The normalized spacial score (nSPS) is 12.5. The fraction of sp³-hybridized carbons (Fsp3) is 0.333. The van der Waals surface area contributed by atoms with E-state index in [2.05, 4.69) is 25.4 Å². The highest BCUT2D eigenvalue weighted by atomic mass is 79.9. The lowest BCUT2D eigenvalue weighted by Gasteiger charge is -2.09. The second-order valence-corrected chi connectivity index (χ2v) is 8.25. The smallest absolute Gasteiger partial charge is 0.241 e. The molecule has 19 heavy (non-hydrogen) atoms.